The molecular formula is C9H9BrN2S. The maximum absolute atomic E-state index is 9.01. The normalized spacial score (nSPS) is 18.2. The van der Waals surface area contributed by atoms with E-state index in [1.807, 2.05) is 0 Å². The first-order valence-electron chi connectivity index (χ1n) is 4.29. The van der Waals surface area contributed by atoms with Gasteiger partial charge in [0, 0.05) is 0 Å². The second kappa shape index (κ2) is 3.07. The first kappa shape index (κ1) is 9.17. The van der Waals surface area contributed by atoms with Gasteiger partial charge in [-0.2, -0.15) is 5.26 Å². The average molecular weight is 257 g/mol. The Morgan fingerprint density at radius 1 is 1.69 bits per heavy atom. The fourth-order valence-electron chi connectivity index (χ4n) is 1.32. The SMILES string of the molecule is CCc1nc(C2(C#N)CC2)c(Br)s1. The van der Waals surface area contributed by atoms with Crippen molar-refractivity contribution in [2.75, 3.05) is 0 Å². The molecule has 0 radical (unpaired) electrons. The van der Waals surface area contributed by atoms with Gasteiger partial charge in [-0.25, -0.2) is 4.98 Å². The van der Waals surface area contributed by atoms with Crippen LogP contribution in [0.2, 0.25) is 0 Å². The minimum absolute atomic E-state index is 0.247. The van der Waals surface area contributed by atoms with Gasteiger partial charge < -0.3 is 0 Å². The summed E-state index contributed by atoms with van der Waals surface area (Å²) < 4.78 is 1.04. The number of hydrogen-bond acceptors (Lipinski definition) is 3. The van der Waals surface area contributed by atoms with Crippen LogP contribution in [-0.2, 0) is 11.8 Å². The molecule has 0 saturated heterocycles. The van der Waals surface area contributed by atoms with E-state index in [4.69, 9.17) is 5.26 Å². The summed E-state index contributed by atoms with van der Waals surface area (Å²) in [4.78, 5) is 4.48. The van der Waals surface area contributed by atoms with Gasteiger partial charge in [0.2, 0.25) is 0 Å². The summed E-state index contributed by atoms with van der Waals surface area (Å²) in [5.41, 5.74) is 0.722. The van der Waals surface area contributed by atoms with E-state index in [-0.39, 0.29) is 5.41 Å². The third-order valence-electron chi connectivity index (χ3n) is 2.35. The van der Waals surface area contributed by atoms with E-state index in [0.29, 0.717) is 0 Å². The Labute approximate surface area is 89.7 Å². The summed E-state index contributed by atoms with van der Waals surface area (Å²) in [6.07, 6.45) is 2.88. The van der Waals surface area contributed by atoms with Crippen LogP contribution in [0.25, 0.3) is 0 Å². The van der Waals surface area contributed by atoms with Gasteiger partial charge in [0.15, 0.2) is 0 Å². The molecule has 1 aromatic rings. The largest absolute Gasteiger partial charge is 0.243 e. The minimum Gasteiger partial charge on any atom is -0.243 e. The number of aromatic nitrogens is 1. The lowest BCUT2D eigenvalue weighted by atomic mass is 10.1. The van der Waals surface area contributed by atoms with Gasteiger partial charge in [-0.05, 0) is 35.2 Å². The van der Waals surface area contributed by atoms with Crippen molar-refractivity contribution in [1.82, 2.24) is 4.98 Å². The Hall–Kier alpha value is -0.400. The zero-order valence-electron chi connectivity index (χ0n) is 7.30. The highest BCUT2D eigenvalue weighted by atomic mass is 79.9. The number of nitrogens with zero attached hydrogens (tertiary/aromatic N) is 2. The molecule has 1 fully saturated rings. The van der Waals surface area contributed by atoms with E-state index in [9.17, 15) is 0 Å². The van der Waals surface area contributed by atoms with E-state index in [1.54, 1.807) is 11.3 Å². The standard InChI is InChI=1S/C9H9BrN2S/c1-2-6-12-7(8(10)13-6)9(5-11)3-4-9/h2-4H2,1H3. The molecule has 1 aliphatic rings. The molecule has 0 N–H and O–H groups in total. The first-order chi connectivity index (χ1) is 6.22. The number of halogens is 1. The van der Waals surface area contributed by atoms with Crippen LogP contribution in [0.5, 0.6) is 0 Å². The summed E-state index contributed by atoms with van der Waals surface area (Å²) in [5, 5.41) is 10.1. The summed E-state index contributed by atoms with van der Waals surface area (Å²) in [5.74, 6) is 0. The van der Waals surface area contributed by atoms with Crippen LogP contribution >= 0.6 is 27.3 Å². The number of rotatable bonds is 2. The summed E-state index contributed by atoms with van der Waals surface area (Å²) >= 11 is 5.13. The fraction of sp³-hybridized carbons (Fsp3) is 0.556. The van der Waals surface area contributed by atoms with Crippen LogP contribution in [0.3, 0.4) is 0 Å². The van der Waals surface area contributed by atoms with Gasteiger partial charge in [0.25, 0.3) is 0 Å². The van der Waals surface area contributed by atoms with E-state index >= 15 is 0 Å². The molecule has 2 rings (SSSR count). The Morgan fingerprint density at radius 2 is 2.38 bits per heavy atom. The molecule has 0 aliphatic heterocycles. The van der Waals surface area contributed by atoms with Gasteiger partial charge in [0.1, 0.15) is 5.41 Å². The molecule has 0 unspecified atom stereocenters. The van der Waals surface area contributed by atoms with Crippen molar-refractivity contribution in [1.29, 1.82) is 5.26 Å². The number of aryl methyl sites for hydroxylation is 1. The molecule has 0 spiro atoms. The number of thiazole rings is 1. The molecule has 13 heavy (non-hydrogen) atoms. The average Bonchev–Trinajstić information content (AvgIpc) is 2.85. The minimum atomic E-state index is -0.247. The third kappa shape index (κ3) is 1.40. The van der Waals surface area contributed by atoms with Gasteiger partial charge in [0.05, 0.1) is 20.6 Å². The van der Waals surface area contributed by atoms with Crippen molar-refractivity contribution in [3.8, 4) is 6.07 Å². The summed E-state index contributed by atoms with van der Waals surface area (Å²) in [7, 11) is 0. The Balaban J connectivity index is 2.41. The van der Waals surface area contributed by atoms with Crippen LogP contribution in [0.4, 0.5) is 0 Å². The van der Waals surface area contributed by atoms with Crippen molar-refractivity contribution in [3.05, 3.63) is 14.5 Å². The van der Waals surface area contributed by atoms with Crippen LogP contribution < -0.4 is 0 Å². The number of nitriles is 1. The Morgan fingerprint density at radius 3 is 2.77 bits per heavy atom. The topological polar surface area (TPSA) is 36.7 Å². The molecular weight excluding hydrogens is 248 g/mol. The van der Waals surface area contributed by atoms with Crippen molar-refractivity contribution in [2.24, 2.45) is 0 Å². The second-order valence-electron chi connectivity index (χ2n) is 3.28. The van der Waals surface area contributed by atoms with Gasteiger partial charge in [-0.3, -0.25) is 0 Å². The Bertz CT molecular complexity index is 373. The van der Waals surface area contributed by atoms with Crippen molar-refractivity contribution >= 4 is 27.3 Å². The lowest BCUT2D eigenvalue weighted by molar-refractivity contribution is 0.848. The highest BCUT2D eigenvalue weighted by Gasteiger charge is 2.48. The van der Waals surface area contributed by atoms with E-state index in [1.165, 1.54) is 0 Å². The molecule has 68 valence electrons. The lowest BCUT2D eigenvalue weighted by Crippen LogP contribution is -2.03. The molecule has 0 aromatic carbocycles. The molecule has 2 nitrogen and oxygen atoms in total. The quantitative estimate of drug-likeness (QED) is 0.816. The van der Waals surface area contributed by atoms with Crippen molar-refractivity contribution < 1.29 is 0 Å². The molecule has 0 atom stereocenters. The van der Waals surface area contributed by atoms with Gasteiger partial charge in [-0.15, -0.1) is 11.3 Å². The first-order valence-corrected chi connectivity index (χ1v) is 5.90. The molecule has 0 amide bonds. The maximum Gasteiger partial charge on any atom is 0.101 e. The third-order valence-corrected chi connectivity index (χ3v) is 4.20. The van der Waals surface area contributed by atoms with Gasteiger partial charge in [-0.1, -0.05) is 6.92 Å². The Kier molecular flexibility index (Phi) is 2.17. The van der Waals surface area contributed by atoms with E-state index < -0.39 is 0 Å². The van der Waals surface area contributed by atoms with Crippen molar-refractivity contribution in [3.63, 3.8) is 0 Å². The van der Waals surface area contributed by atoms with Gasteiger partial charge >= 0.3 is 0 Å². The van der Waals surface area contributed by atoms with Crippen molar-refractivity contribution in [2.45, 2.75) is 31.6 Å². The lowest BCUT2D eigenvalue weighted by Gasteiger charge is -1.99. The van der Waals surface area contributed by atoms with Crippen LogP contribution in [-0.4, -0.2) is 4.98 Å². The fourth-order valence-corrected chi connectivity index (χ4v) is 3.17. The summed E-state index contributed by atoms with van der Waals surface area (Å²) in [6.45, 7) is 2.08. The molecule has 1 aliphatic carbocycles. The van der Waals surface area contributed by atoms with Crippen LogP contribution in [0.1, 0.15) is 30.5 Å². The van der Waals surface area contributed by atoms with Crippen LogP contribution in [0, 0.1) is 11.3 Å². The number of hydrogen-bond donors (Lipinski definition) is 0. The highest BCUT2D eigenvalue weighted by molar-refractivity contribution is 9.11. The predicted octanol–water partition coefficient (Wildman–Crippen LogP) is 3.02. The zero-order valence-corrected chi connectivity index (χ0v) is 9.70. The molecule has 0 bridgehead atoms. The monoisotopic (exact) mass is 256 g/mol. The van der Waals surface area contributed by atoms with E-state index in [2.05, 4.69) is 33.9 Å². The molecule has 4 heteroatoms. The van der Waals surface area contributed by atoms with Crippen LogP contribution in [0.15, 0.2) is 3.79 Å². The predicted molar refractivity (Wildman–Crippen MR) is 55.7 cm³/mol. The highest BCUT2D eigenvalue weighted by Crippen LogP contribution is 2.50. The van der Waals surface area contributed by atoms with E-state index in [0.717, 1.165) is 33.8 Å². The smallest absolute Gasteiger partial charge is 0.101 e. The molecule has 1 heterocycles. The molecule has 1 saturated carbocycles. The summed E-state index contributed by atoms with van der Waals surface area (Å²) in [6, 6.07) is 2.36. The second-order valence-corrected chi connectivity index (χ2v) is 5.68. The molecule has 1 aromatic heterocycles. The maximum atomic E-state index is 9.01. The zero-order chi connectivity index (χ0) is 9.47.